The standard InChI is InChI=1S/C21H25NO3S/c1-2-3-16-4-6-17(7-5-16)18-8-10-19(11-9-18)26(24)21(20(22)23)12-14-25-15-13-21/h4-11H,2-3,12-15H2,1H3,(H2,22,23). The normalized spacial score (nSPS) is 17.6. The summed E-state index contributed by atoms with van der Waals surface area (Å²) in [5.41, 5.74) is 9.13. The number of rotatable bonds is 6. The molecule has 0 aromatic heterocycles. The molecular formula is C21H25NO3S. The highest BCUT2D eigenvalue weighted by atomic mass is 32.2. The van der Waals surface area contributed by atoms with E-state index in [1.807, 2.05) is 24.3 Å². The molecule has 26 heavy (non-hydrogen) atoms. The lowest BCUT2D eigenvalue weighted by molar-refractivity contribution is -0.122. The number of primary amides is 1. The maximum absolute atomic E-state index is 13.1. The molecule has 0 aliphatic carbocycles. The second-order valence-electron chi connectivity index (χ2n) is 6.71. The average molecular weight is 372 g/mol. The highest BCUT2D eigenvalue weighted by Gasteiger charge is 2.45. The first kappa shape index (κ1) is 18.8. The molecule has 0 saturated carbocycles. The molecule has 5 heteroatoms. The Morgan fingerprint density at radius 1 is 1.04 bits per heavy atom. The Bertz CT molecular complexity index is 778. The van der Waals surface area contributed by atoms with Gasteiger partial charge in [0.1, 0.15) is 4.75 Å². The number of carbonyl (C=O) groups is 1. The summed E-state index contributed by atoms with van der Waals surface area (Å²) >= 11 is 0. The number of hydrogen-bond acceptors (Lipinski definition) is 3. The van der Waals surface area contributed by atoms with Gasteiger partial charge >= 0.3 is 0 Å². The second kappa shape index (κ2) is 8.14. The summed E-state index contributed by atoms with van der Waals surface area (Å²) in [6, 6.07) is 16.1. The van der Waals surface area contributed by atoms with Crippen molar-refractivity contribution in [2.24, 2.45) is 5.73 Å². The summed E-state index contributed by atoms with van der Waals surface area (Å²) in [5, 5.41) is 0. The van der Waals surface area contributed by atoms with E-state index in [1.54, 1.807) is 0 Å². The van der Waals surface area contributed by atoms with Crippen molar-refractivity contribution in [3.63, 3.8) is 0 Å². The zero-order chi connectivity index (χ0) is 18.6. The summed E-state index contributed by atoms with van der Waals surface area (Å²) in [5.74, 6) is -0.505. The minimum absolute atomic E-state index is 0.398. The van der Waals surface area contributed by atoms with Crippen molar-refractivity contribution in [3.05, 3.63) is 54.1 Å². The number of amides is 1. The molecule has 0 spiro atoms. The Morgan fingerprint density at radius 3 is 2.08 bits per heavy atom. The van der Waals surface area contributed by atoms with Gasteiger partial charge in [0.2, 0.25) is 5.91 Å². The van der Waals surface area contributed by atoms with Gasteiger partial charge in [-0.05, 0) is 48.1 Å². The number of nitrogens with two attached hydrogens (primary N) is 1. The molecule has 4 nitrogen and oxygen atoms in total. The summed E-state index contributed by atoms with van der Waals surface area (Å²) in [6.07, 6.45) is 3.01. The van der Waals surface area contributed by atoms with Crippen LogP contribution in [0.4, 0.5) is 0 Å². The van der Waals surface area contributed by atoms with Gasteiger partial charge in [0.25, 0.3) is 0 Å². The van der Waals surface area contributed by atoms with Gasteiger partial charge in [-0.15, -0.1) is 0 Å². The quantitative estimate of drug-likeness (QED) is 0.845. The molecule has 0 bridgehead atoms. The fourth-order valence-corrected chi connectivity index (χ4v) is 4.93. The van der Waals surface area contributed by atoms with Crippen molar-refractivity contribution < 1.29 is 13.7 Å². The Hall–Kier alpha value is -1.98. The topological polar surface area (TPSA) is 69.4 Å². The third-order valence-electron chi connectivity index (χ3n) is 5.00. The van der Waals surface area contributed by atoms with Gasteiger partial charge in [-0.1, -0.05) is 49.7 Å². The summed E-state index contributed by atoms with van der Waals surface area (Å²) in [7, 11) is -1.48. The Kier molecular flexibility index (Phi) is 5.89. The molecule has 1 saturated heterocycles. The van der Waals surface area contributed by atoms with E-state index in [4.69, 9.17) is 10.5 Å². The molecule has 3 rings (SSSR count). The Labute approximate surface area is 157 Å². The predicted octanol–water partition coefficient (Wildman–Crippen LogP) is 3.45. The molecule has 1 aliphatic rings. The molecule has 1 fully saturated rings. The molecule has 2 aromatic carbocycles. The van der Waals surface area contributed by atoms with Crippen molar-refractivity contribution in [2.45, 2.75) is 42.2 Å². The van der Waals surface area contributed by atoms with Crippen LogP contribution in [0.1, 0.15) is 31.7 Å². The van der Waals surface area contributed by atoms with E-state index in [-0.39, 0.29) is 0 Å². The minimum atomic E-state index is -1.48. The highest BCUT2D eigenvalue weighted by Crippen LogP contribution is 2.32. The summed E-state index contributed by atoms with van der Waals surface area (Å²) in [4.78, 5) is 12.7. The third kappa shape index (κ3) is 3.74. The van der Waals surface area contributed by atoms with Crippen molar-refractivity contribution in [1.82, 2.24) is 0 Å². The van der Waals surface area contributed by atoms with E-state index >= 15 is 0 Å². The number of hydrogen-bond donors (Lipinski definition) is 1. The number of carbonyl (C=O) groups excluding carboxylic acids is 1. The predicted molar refractivity (Wildman–Crippen MR) is 104 cm³/mol. The average Bonchev–Trinajstić information content (AvgIpc) is 2.69. The van der Waals surface area contributed by atoms with Crippen LogP contribution < -0.4 is 5.73 Å². The molecule has 1 aliphatic heterocycles. The fraction of sp³-hybridized carbons (Fsp3) is 0.381. The lowest BCUT2D eigenvalue weighted by Gasteiger charge is -2.33. The van der Waals surface area contributed by atoms with Gasteiger partial charge in [0.15, 0.2) is 0 Å². The van der Waals surface area contributed by atoms with Crippen LogP contribution in [0.5, 0.6) is 0 Å². The van der Waals surface area contributed by atoms with Crippen LogP contribution in [0, 0.1) is 0 Å². The summed E-state index contributed by atoms with van der Waals surface area (Å²) in [6.45, 7) is 3.00. The lowest BCUT2D eigenvalue weighted by Crippen LogP contribution is -2.51. The molecule has 1 unspecified atom stereocenters. The fourth-order valence-electron chi connectivity index (χ4n) is 3.37. The van der Waals surface area contributed by atoms with Crippen LogP contribution in [0.25, 0.3) is 11.1 Å². The van der Waals surface area contributed by atoms with Crippen LogP contribution in [0.3, 0.4) is 0 Å². The molecule has 1 amide bonds. The largest absolute Gasteiger partial charge is 0.381 e. The SMILES string of the molecule is CCCc1ccc(-c2ccc(S(=O)C3(C(N)=O)CCOCC3)cc2)cc1. The zero-order valence-electron chi connectivity index (χ0n) is 15.1. The Balaban J connectivity index is 1.82. The second-order valence-corrected chi connectivity index (χ2v) is 8.50. The van der Waals surface area contributed by atoms with Gasteiger partial charge in [-0.3, -0.25) is 9.00 Å². The maximum atomic E-state index is 13.1. The van der Waals surface area contributed by atoms with Crippen molar-refractivity contribution >= 4 is 16.7 Å². The maximum Gasteiger partial charge on any atom is 0.236 e. The van der Waals surface area contributed by atoms with E-state index in [0.29, 0.717) is 31.0 Å². The van der Waals surface area contributed by atoms with Crippen LogP contribution >= 0.6 is 0 Å². The molecule has 2 aromatic rings. The van der Waals surface area contributed by atoms with E-state index in [9.17, 15) is 9.00 Å². The lowest BCUT2D eigenvalue weighted by atomic mass is 9.98. The molecule has 138 valence electrons. The first-order valence-corrected chi connectivity index (χ1v) is 10.2. The van der Waals surface area contributed by atoms with Crippen LogP contribution in [-0.4, -0.2) is 28.1 Å². The van der Waals surface area contributed by atoms with Gasteiger partial charge in [0, 0.05) is 18.1 Å². The number of ether oxygens (including phenoxy) is 1. The smallest absolute Gasteiger partial charge is 0.236 e. The van der Waals surface area contributed by atoms with Crippen molar-refractivity contribution in [1.29, 1.82) is 0 Å². The molecule has 2 N–H and O–H groups in total. The van der Waals surface area contributed by atoms with Crippen molar-refractivity contribution in [3.8, 4) is 11.1 Å². The number of aryl methyl sites for hydroxylation is 1. The van der Waals surface area contributed by atoms with Crippen LogP contribution in [-0.2, 0) is 26.8 Å². The van der Waals surface area contributed by atoms with E-state index in [0.717, 1.165) is 24.0 Å². The first-order chi connectivity index (χ1) is 12.6. The van der Waals surface area contributed by atoms with E-state index in [2.05, 4.69) is 31.2 Å². The van der Waals surface area contributed by atoms with E-state index < -0.39 is 21.5 Å². The molecule has 1 atom stereocenters. The van der Waals surface area contributed by atoms with Crippen molar-refractivity contribution in [2.75, 3.05) is 13.2 Å². The van der Waals surface area contributed by atoms with Gasteiger partial charge in [-0.2, -0.15) is 0 Å². The Morgan fingerprint density at radius 2 is 1.58 bits per heavy atom. The van der Waals surface area contributed by atoms with E-state index in [1.165, 1.54) is 5.56 Å². The van der Waals surface area contributed by atoms with Crippen LogP contribution in [0.2, 0.25) is 0 Å². The molecule has 0 radical (unpaired) electrons. The van der Waals surface area contributed by atoms with Gasteiger partial charge in [-0.25, -0.2) is 0 Å². The van der Waals surface area contributed by atoms with Gasteiger partial charge < -0.3 is 10.5 Å². The van der Waals surface area contributed by atoms with Gasteiger partial charge in [0.05, 0.1) is 10.8 Å². The molecular weight excluding hydrogens is 346 g/mol. The third-order valence-corrected chi connectivity index (χ3v) is 7.02. The monoisotopic (exact) mass is 371 g/mol. The highest BCUT2D eigenvalue weighted by molar-refractivity contribution is 7.87. The summed E-state index contributed by atoms with van der Waals surface area (Å²) < 4.78 is 17.4. The molecule has 1 heterocycles. The first-order valence-electron chi connectivity index (χ1n) is 9.06. The number of benzene rings is 2. The minimum Gasteiger partial charge on any atom is -0.381 e. The zero-order valence-corrected chi connectivity index (χ0v) is 15.9. The van der Waals surface area contributed by atoms with Crippen LogP contribution in [0.15, 0.2) is 53.4 Å².